The van der Waals surface area contributed by atoms with Crippen molar-refractivity contribution in [3.8, 4) is 0 Å². The molecule has 64 valence electrons. The van der Waals surface area contributed by atoms with Crippen molar-refractivity contribution in [1.29, 1.82) is 0 Å². The predicted molar refractivity (Wildman–Crippen MR) is 43.3 cm³/mol. The monoisotopic (exact) mass is 156 g/mol. The second-order valence-corrected chi connectivity index (χ2v) is 3.38. The first-order valence-corrected chi connectivity index (χ1v) is 4.48. The molecule has 0 aromatic rings. The third kappa shape index (κ3) is 2.62. The molecule has 0 radical (unpaired) electrons. The number of carbonyl (C=O) groups excluding carboxylic acids is 1. The second kappa shape index (κ2) is 4.50. The van der Waals surface area contributed by atoms with E-state index < -0.39 is 6.10 Å². The summed E-state index contributed by atoms with van der Waals surface area (Å²) in [4.78, 5) is 10.3. The van der Waals surface area contributed by atoms with Crippen LogP contribution in [0, 0.1) is 5.92 Å². The Bertz CT molecular complexity index is 115. The average Bonchev–Trinajstić information content (AvgIpc) is 2.30. The molecule has 0 heterocycles. The van der Waals surface area contributed by atoms with Crippen LogP contribution in [0.1, 0.15) is 38.5 Å². The van der Waals surface area contributed by atoms with Crippen molar-refractivity contribution < 1.29 is 9.90 Å². The van der Waals surface area contributed by atoms with Crippen LogP contribution < -0.4 is 0 Å². The van der Waals surface area contributed by atoms with Gasteiger partial charge in [0.25, 0.3) is 0 Å². The summed E-state index contributed by atoms with van der Waals surface area (Å²) in [5.41, 5.74) is 0. The molecule has 0 saturated heterocycles. The highest BCUT2D eigenvalue weighted by atomic mass is 16.3. The van der Waals surface area contributed by atoms with Crippen molar-refractivity contribution in [3.05, 3.63) is 0 Å². The SMILES string of the molecule is O=CC(O)C1CCCCCC1. The molecule has 1 atom stereocenters. The lowest BCUT2D eigenvalue weighted by Gasteiger charge is -2.15. The van der Waals surface area contributed by atoms with Crippen LogP contribution in [0.25, 0.3) is 0 Å². The Labute approximate surface area is 67.6 Å². The van der Waals surface area contributed by atoms with Gasteiger partial charge in [-0.1, -0.05) is 25.7 Å². The van der Waals surface area contributed by atoms with E-state index in [0.29, 0.717) is 6.29 Å². The molecule has 0 aromatic carbocycles. The molecule has 1 aliphatic rings. The first kappa shape index (κ1) is 8.72. The van der Waals surface area contributed by atoms with E-state index in [1.165, 1.54) is 25.7 Å². The normalized spacial score (nSPS) is 24.1. The predicted octanol–water partition coefficient (Wildman–Crippen LogP) is 1.52. The Balaban J connectivity index is 2.35. The zero-order chi connectivity index (χ0) is 8.10. The second-order valence-electron chi connectivity index (χ2n) is 3.38. The van der Waals surface area contributed by atoms with Crippen LogP contribution in [0.4, 0.5) is 0 Å². The minimum absolute atomic E-state index is 0.245. The summed E-state index contributed by atoms with van der Waals surface area (Å²) in [6.45, 7) is 0. The van der Waals surface area contributed by atoms with E-state index in [4.69, 9.17) is 0 Å². The fourth-order valence-corrected chi connectivity index (χ4v) is 1.76. The maximum atomic E-state index is 10.3. The lowest BCUT2D eigenvalue weighted by atomic mass is 9.95. The Morgan fingerprint density at radius 1 is 1.18 bits per heavy atom. The number of aldehydes is 1. The van der Waals surface area contributed by atoms with E-state index in [0.717, 1.165) is 12.8 Å². The Hall–Kier alpha value is -0.370. The fourth-order valence-electron chi connectivity index (χ4n) is 1.76. The molecule has 0 bridgehead atoms. The van der Waals surface area contributed by atoms with Crippen molar-refractivity contribution in [2.75, 3.05) is 0 Å². The Morgan fingerprint density at radius 2 is 1.73 bits per heavy atom. The number of hydrogen-bond donors (Lipinski definition) is 1. The third-order valence-electron chi connectivity index (χ3n) is 2.52. The summed E-state index contributed by atoms with van der Waals surface area (Å²) >= 11 is 0. The minimum Gasteiger partial charge on any atom is -0.385 e. The highest BCUT2D eigenvalue weighted by Crippen LogP contribution is 2.24. The Kier molecular flexibility index (Phi) is 3.57. The highest BCUT2D eigenvalue weighted by Gasteiger charge is 2.19. The molecule has 0 aliphatic heterocycles. The van der Waals surface area contributed by atoms with Gasteiger partial charge >= 0.3 is 0 Å². The molecule has 1 saturated carbocycles. The standard InChI is InChI=1S/C9H16O2/c10-7-9(11)8-5-3-1-2-4-6-8/h7-9,11H,1-6H2. The molecule has 0 aromatic heterocycles. The number of aliphatic hydroxyl groups excluding tert-OH is 1. The van der Waals surface area contributed by atoms with Crippen molar-refractivity contribution in [1.82, 2.24) is 0 Å². The first-order valence-electron chi connectivity index (χ1n) is 4.48. The van der Waals surface area contributed by atoms with Gasteiger partial charge in [0.2, 0.25) is 0 Å². The Morgan fingerprint density at radius 3 is 2.18 bits per heavy atom. The summed E-state index contributed by atoms with van der Waals surface area (Å²) < 4.78 is 0. The van der Waals surface area contributed by atoms with Gasteiger partial charge < -0.3 is 9.90 Å². The van der Waals surface area contributed by atoms with Gasteiger partial charge in [-0.2, -0.15) is 0 Å². The topological polar surface area (TPSA) is 37.3 Å². The van der Waals surface area contributed by atoms with Gasteiger partial charge in [-0.25, -0.2) is 0 Å². The zero-order valence-electron chi connectivity index (χ0n) is 6.83. The lowest BCUT2D eigenvalue weighted by molar-refractivity contribution is -0.117. The van der Waals surface area contributed by atoms with Gasteiger partial charge in [-0.05, 0) is 18.8 Å². The molecular formula is C9H16O2. The van der Waals surface area contributed by atoms with E-state index in [-0.39, 0.29) is 5.92 Å². The van der Waals surface area contributed by atoms with E-state index >= 15 is 0 Å². The maximum Gasteiger partial charge on any atom is 0.148 e. The lowest BCUT2D eigenvalue weighted by Crippen LogP contribution is -2.20. The fraction of sp³-hybridized carbons (Fsp3) is 0.889. The van der Waals surface area contributed by atoms with Crippen LogP contribution in [0.15, 0.2) is 0 Å². The average molecular weight is 156 g/mol. The number of aliphatic hydroxyl groups is 1. The van der Waals surface area contributed by atoms with Gasteiger partial charge in [0, 0.05) is 0 Å². The minimum atomic E-state index is -0.701. The summed E-state index contributed by atoms with van der Waals surface area (Å²) in [7, 11) is 0. The zero-order valence-corrected chi connectivity index (χ0v) is 6.83. The molecule has 1 unspecified atom stereocenters. The number of hydrogen-bond acceptors (Lipinski definition) is 2. The largest absolute Gasteiger partial charge is 0.385 e. The van der Waals surface area contributed by atoms with E-state index in [9.17, 15) is 9.90 Å². The molecule has 0 amide bonds. The highest BCUT2D eigenvalue weighted by molar-refractivity contribution is 5.56. The summed E-state index contributed by atoms with van der Waals surface area (Å²) in [5.74, 6) is 0.245. The van der Waals surface area contributed by atoms with Gasteiger partial charge in [0.15, 0.2) is 0 Å². The van der Waals surface area contributed by atoms with Crippen molar-refractivity contribution in [3.63, 3.8) is 0 Å². The molecule has 1 fully saturated rings. The molecular weight excluding hydrogens is 140 g/mol. The molecule has 0 spiro atoms. The summed E-state index contributed by atoms with van der Waals surface area (Å²) in [5, 5.41) is 9.24. The molecule has 1 N–H and O–H groups in total. The van der Waals surface area contributed by atoms with Gasteiger partial charge in [0.05, 0.1) is 0 Å². The first-order chi connectivity index (χ1) is 5.34. The van der Waals surface area contributed by atoms with Crippen LogP contribution in [0.5, 0.6) is 0 Å². The number of rotatable bonds is 2. The van der Waals surface area contributed by atoms with E-state index in [2.05, 4.69) is 0 Å². The van der Waals surface area contributed by atoms with Crippen LogP contribution in [-0.2, 0) is 4.79 Å². The van der Waals surface area contributed by atoms with Gasteiger partial charge in [-0.15, -0.1) is 0 Å². The van der Waals surface area contributed by atoms with Gasteiger partial charge in [0.1, 0.15) is 12.4 Å². The van der Waals surface area contributed by atoms with Crippen molar-refractivity contribution in [2.24, 2.45) is 5.92 Å². The van der Waals surface area contributed by atoms with E-state index in [1.807, 2.05) is 0 Å². The molecule has 11 heavy (non-hydrogen) atoms. The van der Waals surface area contributed by atoms with Gasteiger partial charge in [-0.3, -0.25) is 0 Å². The molecule has 1 aliphatic carbocycles. The molecule has 1 rings (SSSR count). The van der Waals surface area contributed by atoms with E-state index in [1.54, 1.807) is 0 Å². The quantitative estimate of drug-likeness (QED) is 0.486. The van der Waals surface area contributed by atoms with Crippen LogP contribution in [0.3, 0.4) is 0 Å². The summed E-state index contributed by atoms with van der Waals surface area (Å²) in [6.07, 6.45) is 6.92. The van der Waals surface area contributed by atoms with Crippen LogP contribution in [0.2, 0.25) is 0 Å². The maximum absolute atomic E-state index is 10.3. The van der Waals surface area contributed by atoms with Crippen molar-refractivity contribution >= 4 is 6.29 Å². The third-order valence-corrected chi connectivity index (χ3v) is 2.52. The van der Waals surface area contributed by atoms with Crippen LogP contribution >= 0.6 is 0 Å². The van der Waals surface area contributed by atoms with Crippen LogP contribution in [-0.4, -0.2) is 17.5 Å². The van der Waals surface area contributed by atoms with Crippen molar-refractivity contribution in [2.45, 2.75) is 44.6 Å². The number of carbonyl (C=O) groups is 1. The summed E-state index contributed by atoms with van der Waals surface area (Å²) in [6, 6.07) is 0. The molecule has 2 nitrogen and oxygen atoms in total. The smallest absolute Gasteiger partial charge is 0.148 e. The molecule has 2 heteroatoms.